The zero-order chi connectivity index (χ0) is 12.4. The van der Waals surface area contributed by atoms with Crippen LogP contribution < -0.4 is 14.8 Å². The summed E-state index contributed by atoms with van der Waals surface area (Å²) in [6, 6.07) is 9.96. The van der Waals surface area contributed by atoms with E-state index in [4.69, 9.17) is 9.47 Å². The van der Waals surface area contributed by atoms with Gasteiger partial charge in [-0.15, -0.1) is 0 Å². The second-order valence-corrected chi connectivity index (χ2v) is 4.26. The van der Waals surface area contributed by atoms with E-state index in [9.17, 15) is 0 Å². The Morgan fingerprint density at radius 2 is 2.06 bits per heavy atom. The van der Waals surface area contributed by atoms with Crippen molar-refractivity contribution in [3.05, 3.63) is 47.7 Å². The summed E-state index contributed by atoms with van der Waals surface area (Å²) in [7, 11) is 0. The monoisotopic (exact) mass is 242 g/mol. The largest absolute Gasteiger partial charge is 0.454 e. The second-order valence-electron chi connectivity index (χ2n) is 4.26. The topological polar surface area (TPSA) is 43.4 Å². The zero-order valence-corrected chi connectivity index (χ0v) is 10.1. The zero-order valence-electron chi connectivity index (χ0n) is 10.1. The van der Waals surface area contributed by atoms with E-state index in [2.05, 4.69) is 10.3 Å². The van der Waals surface area contributed by atoms with Crippen molar-refractivity contribution >= 4 is 5.82 Å². The van der Waals surface area contributed by atoms with Crippen LogP contribution in [0.15, 0.2) is 36.5 Å². The summed E-state index contributed by atoms with van der Waals surface area (Å²) in [5.74, 6) is 2.50. The van der Waals surface area contributed by atoms with Crippen LogP contribution in [0.5, 0.6) is 11.5 Å². The van der Waals surface area contributed by atoms with Crippen LogP contribution in [-0.4, -0.2) is 11.8 Å². The Morgan fingerprint density at radius 3 is 2.89 bits per heavy atom. The van der Waals surface area contributed by atoms with Crippen LogP contribution in [0.1, 0.15) is 11.1 Å². The van der Waals surface area contributed by atoms with E-state index in [0.717, 1.165) is 28.4 Å². The van der Waals surface area contributed by atoms with E-state index in [-0.39, 0.29) is 0 Å². The molecule has 18 heavy (non-hydrogen) atoms. The van der Waals surface area contributed by atoms with Crippen LogP contribution >= 0.6 is 0 Å². The number of ether oxygens (including phenoxy) is 2. The molecule has 4 heteroatoms. The van der Waals surface area contributed by atoms with E-state index in [1.54, 1.807) is 0 Å². The van der Waals surface area contributed by atoms with Crippen molar-refractivity contribution in [3.63, 3.8) is 0 Å². The van der Waals surface area contributed by atoms with E-state index in [0.29, 0.717) is 13.3 Å². The minimum atomic E-state index is 0.311. The lowest BCUT2D eigenvalue weighted by molar-refractivity contribution is 0.174. The fourth-order valence-electron chi connectivity index (χ4n) is 1.82. The van der Waals surface area contributed by atoms with Gasteiger partial charge in [0.15, 0.2) is 11.5 Å². The van der Waals surface area contributed by atoms with Crippen molar-refractivity contribution in [2.24, 2.45) is 0 Å². The molecule has 0 aliphatic carbocycles. The number of rotatable bonds is 3. The SMILES string of the molecule is Cc1ccc(NCc2ccc3c(c2)OCO3)nc1. The number of hydrogen-bond donors (Lipinski definition) is 1. The minimum absolute atomic E-state index is 0.311. The van der Waals surface area contributed by atoms with Crippen LogP contribution in [0, 0.1) is 6.92 Å². The molecule has 1 N–H and O–H groups in total. The maximum Gasteiger partial charge on any atom is 0.231 e. The van der Waals surface area contributed by atoms with E-state index < -0.39 is 0 Å². The molecule has 0 bridgehead atoms. The maximum atomic E-state index is 5.34. The summed E-state index contributed by atoms with van der Waals surface area (Å²) < 4.78 is 10.6. The highest BCUT2D eigenvalue weighted by Crippen LogP contribution is 2.32. The first-order valence-electron chi connectivity index (χ1n) is 5.86. The molecule has 92 valence electrons. The number of benzene rings is 1. The molecule has 1 aromatic carbocycles. The van der Waals surface area contributed by atoms with Crippen LogP contribution in [-0.2, 0) is 6.54 Å². The summed E-state index contributed by atoms with van der Waals surface area (Å²) >= 11 is 0. The van der Waals surface area contributed by atoms with Crippen molar-refractivity contribution in [2.75, 3.05) is 12.1 Å². The van der Waals surface area contributed by atoms with Crippen LogP contribution in [0.4, 0.5) is 5.82 Å². The van der Waals surface area contributed by atoms with Crippen molar-refractivity contribution in [1.29, 1.82) is 0 Å². The molecule has 2 heterocycles. The molecule has 0 atom stereocenters. The van der Waals surface area contributed by atoms with Crippen molar-refractivity contribution in [2.45, 2.75) is 13.5 Å². The summed E-state index contributed by atoms with van der Waals surface area (Å²) in [5.41, 5.74) is 2.30. The Bertz CT molecular complexity index is 552. The molecule has 1 aromatic heterocycles. The average Bonchev–Trinajstić information content (AvgIpc) is 2.85. The van der Waals surface area contributed by atoms with Crippen LogP contribution in [0.3, 0.4) is 0 Å². The predicted molar refractivity (Wildman–Crippen MR) is 68.9 cm³/mol. The van der Waals surface area contributed by atoms with Gasteiger partial charge in [0, 0.05) is 12.7 Å². The molecule has 0 unspecified atom stereocenters. The smallest absolute Gasteiger partial charge is 0.231 e. The number of pyridine rings is 1. The van der Waals surface area contributed by atoms with Crippen molar-refractivity contribution in [1.82, 2.24) is 4.98 Å². The summed E-state index contributed by atoms with van der Waals surface area (Å²) in [6.07, 6.45) is 1.85. The molecule has 0 amide bonds. The molecule has 2 aromatic rings. The number of aryl methyl sites for hydroxylation is 1. The number of hydrogen-bond acceptors (Lipinski definition) is 4. The highest BCUT2D eigenvalue weighted by molar-refractivity contribution is 5.45. The highest BCUT2D eigenvalue weighted by Gasteiger charge is 2.12. The molecule has 3 rings (SSSR count). The van der Waals surface area contributed by atoms with Gasteiger partial charge >= 0.3 is 0 Å². The third-order valence-electron chi connectivity index (χ3n) is 2.82. The lowest BCUT2D eigenvalue weighted by Gasteiger charge is -2.06. The van der Waals surface area contributed by atoms with Gasteiger partial charge in [-0.05, 0) is 36.2 Å². The Kier molecular flexibility index (Phi) is 2.76. The Labute approximate surface area is 106 Å². The molecular weight excluding hydrogens is 228 g/mol. The molecule has 1 aliphatic heterocycles. The number of nitrogens with one attached hydrogen (secondary N) is 1. The number of fused-ring (bicyclic) bond motifs is 1. The standard InChI is InChI=1S/C14H14N2O2/c1-10-2-5-14(15-7-10)16-8-11-3-4-12-13(6-11)18-9-17-12/h2-7H,8-9H2,1H3,(H,15,16). The van der Waals surface area contributed by atoms with Crippen molar-refractivity contribution < 1.29 is 9.47 Å². The Morgan fingerprint density at radius 1 is 1.17 bits per heavy atom. The van der Waals surface area contributed by atoms with Gasteiger partial charge in [-0.25, -0.2) is 4.98 Å². The number of nitrogens with zero attached hydrogens (tertiary/aromatic N) is 1. The molecule has 0 fully saturated rings. The lowest BCUT2D eigenvalue weighted by Crippen LogP contribution is -2.01. The van der Waals surface area contributed by atoms with E-state index in [1.807, 2.05) is 43.5 Å². The number of aromatic nitrogens is 1. The van der Waals surface area contributed by atoms with Gasteiger partial charge in [0.1, 0.15) is 5.82 Å². The molecule has 0 radical (unpaired) electrons. The predicted octanol–water partition coefficient (Wildman–Crippen LogP) is 2.73. The fourth-order valence-corrected chi connectivity index (χ4v) is 1.82. The normalized spacial score (nSPS) is 12.5. The van der Waals surface area contributed by atoms with Gasteiger partial charge < -0.3 is 14.8 Å². The first-order valence-corrected chi connectivity index (χ1v) is 5.86. The lowest BCUT2D eigenvalue weighted by atomic mass is 10.2. The molecule has 4 nitrogen and oxygen atoms in total. The minimum Gasteiger partial charge on any atom is -0.454 e. The van der Waals surface area contributed by atoms with E-state index >= 15 is 0 Å². The third kappa shape index (κ3) is 2.22. The number of anilines is 1. The van der Waals surface area contributed by atoms with Crippen LogP contribution in [0.2, 0.25) is 0 Å². The maximum absolute atomic E-state index is 5.34. The van der Waals surface area contributed by atoms with Crippen molar-refractivity contribution in [3.8, 4) is 11.5 Å². The van der Waals surface area contributed by atoms with E-state index in [1.165, 1.54) is 0 Å². The van der Waals surface area contributed by atoms with Gasteiger partial charge in [-0.1, -0.05) is 12.1 Å². The summed E-state index contributed by atoms with van der Waals surface area (Å²) in [5, 5.41) is 3.27. The summed E-state index contributed by atoms with van der Waals surface area (Å²) in [4.78, 5) is 4.30. The third-order valence-corrected chi connectivity index (χ3v) is 2.82. The molecule has 1 aliphatic rings. The molecule has 0 saturated heterocycles. The van der Waals surface area contributed by atoms with Gasteiger partial charge in [0.25, 0.3) is 0 Å². The van der Waals surface area contributed by atoms with Gasteiger partial charge in [0.05, 0.1) is 0 Å². The summed E-state index contributed by atoms with van der Waals surface area (Å²) in [6.45, 7) is 3.05. The molecule has 0 saturated carbocycles. The average molecular weight is 242 g/mol. The van der Waals surface area contributed by atoms with Gasteiger partial charge in [-0.2, -0.15) is 0 Å². The Balaban J connectivity index is 1.68. The Hall–Kier alpha value is -2.23. The molecule has 0 spiro atoms. The van der Waals surface area contributed by atoms with Crippen LogP contribution in [0.25, 0.3) is 0 Å². The highest BCUT2D eigenvalue weighted by atomic mass is 16.7. The first-order chi connectivity index (χ1) is 8.81. The van der Waals surface area contributed by atoms with Gasteiger partial charge in [-0.3, -0.25) is 0 Å². The van der Waals surface area contributed by atoms with Gasteiger partial charge in [0.2, 0.25) is 6.79 Å². The fraction of sp³-hybridized carbons (Fsp3) is 0.214. The first kappa shape index (κ1) is 10.9. The molecular formula is C14H14N2O2. The quantitative estimate of drug-likeness (QED) is 0.898. The second kappa shape index (κ2) is 4.56.